The van der Waals surface area contributed by atoms with Crippen LogP contribution in [-0.4, -0.2) is 41.2 Å². The molecular formula is C23H29N3O3S. The van der Waals surface area contributed by atoms with E-state index in [0.717, 1.165) is 51.5 Å². The molecule has 3 heterocycles. The van der Waals surface area contributed by atoms with Crippen LogP contribution < -0.4 is 10.5 Å². The van der Waals surface area contributed by atoms with Crippen LogP contribution >= 0.6 is 11.3 Å². The molecule has 30 heavy (non-hydrogen) atoms. The highest BCUT2D eigenvalue weighted by atomic mass is 32.1. The molecule has 1 saturated carbocycles. The van der Waals surface area contributed by atoms with Crippen molar-refractivity contribution in [2.75, 3.05) is 18.5 Å². The van der Waals surface area contributed by atoms with Gasteiger partial charge in [0.05, 0.1) is 17.1 Å². The summed E-state index contributed by atoms with van der Waals surface area (Å²) in [5, 5.41) is 1.14. The first-order valence-corrected chi connectivity index (χ1v) is 11.4. The molecule has 0 radical (unpaired) electrons. The van der Waals surface area contributed by atoms with E-state index in [1.54, 1.807) is 16.2 Å². The van der Waals surface area contributed by atoms with Gasteiger partial charge in [0.1, 0.15) is 5.78 Å². The second-order valence-electron chi connectivity index (χ2n) is 8.63. The second-order valence-corrected chi connectivity index (χ2v) is 9.71. The lowest BCUT2D eigenvalue weighted by Crippen LogP contribution is -2.38. The molecule has 2 aliphatic rings. The summed E-state index contributed by atoms with van der Waals surface area (Å²) < 4.78 is 0. The van der Waals surface area contributed by atoms with Gasteiger partial charge in [-0.05, 0) is 50.8 Å². The standard InChI is InChI=1S/C23H29N3O3S/c1-13-11-14(2)24-21(28)18(13)12-26-10-9-19-20(22(26)29)15(3)23(30-19)25(4)16-5-7-17(27)8-6-16/h11,16H,5-10,12H2,1-4H3,(H,24,28). The number of fused-ring (bicyclic) bond motifs is 1. The SMILES string of the molecule is Cc1cc(C)c(CN2CCc3sc(N(C)C4CCC(=O)CC4)c(C)c3C2=O)c(=O)[nH]1. The lowest BCUT2D eigenvalue weighted by Gasteiger charge is -2.32. The zero-order chi connectivity index (χ0) is 21.6. The number of nitrogens with zero attached hydrogens (tertiary/aromatic N) is 2. The molecule has 0 unspecified atom stereocenters. The summed E-state index contributed by atoms with van der Waals surface area (Å²) in [4.78, 5) is 45.4. The number of carbonyl (C=O) groups excluding carboxylic acids is 2. The third-order valence-electron chi connectivity index (χ3n) is 6.53. The Labute approximate surface area is 180 Å². The molecule has 1 aliphatic carbocycles. The molecule has 4 rings (SSSR count). The summed E-state index contributed by atoms with van der Waals surface area (Å²) in [6.45, 7) is 6.78. The number of aryl methyl sites for hydroxylation is 2. The summed E-state index contributed by atoms with van der Waals surface area (Å²) in [6, 6.07) is 2.30. The predicted octanol–water partition coefficient (Wildman–Crippen LogP) is 3.51. The van der Waals surface area contributed by atoms with Crippen molar-refractivity contribution in [2.24, 2.45) is 0 Å². The van der Waals surface area contributed by atoms with E-state index >= 15 is 0 Å². The van der Waals surface area contributed by atoms with Gasteiger partial charge in [0.25, 0.3) is 11.5 Å². The highest BCUT2D eigenvalue weighted by Gasteiger charge is 2.33. The Hall–Kier alpha value is -2.41. The molecule has 0 atom stereocenters. The highest BCUT2D eigenvalue weighted by Crippen LogP contribution is 2.40. The summed E-state index contributed by atoms with van der Waals surface area (Å²) in [7, 11) is 2.09. The number of carbonyl (C=O) groups is 2. The van der Waals surface area contributed by atoms with Gasteiger partial charge in [-0.2, -0.15) is 0 Å². The minimum Gasteiger partial charge on any atom is -0.363 e. The molecule has 1 fully saturated rings. The largest absolute Gasteiger partial charge is 0.363 e. The van der Waals surface area contributed by atoms with Crippen molar-refractivity contribution in [2.45, 2.75) is 65.5 Å². The van der Waals surface area contributed by atoms with Gasteiger partial charge in [0.15, 0.2) is 0 Å². The molecule has 1 amide bonds. The van der Waals surface area contributed by atoms with E-state index in [4.69, 9.17) is 0 Å². The van der Waals surface area contributed by atoms with Crippen LogP contribution in [0.3, 0.4) is 0 Å². The van der Waals surface area contributed by atoms with E-state index in [1.807, 2.05) is 26.8 Å². The Kier molecular flexibility index (Phi) is 5.57. The Morgan fingerprint density at radius 3 is 2.50 bits per heavy atom. The Morgan fingerprint density at radius 1 is 1.13 bits per heavy atom. The lowest BCUT2D eigenvalue weighted by molar-refractivity contribution is -0.120. The van der Waals surface area contributed by atoms with Gasteiger partial charge in [0.2, 0.25) is 0 Å². The third-order valence-corrected chi connectivity index (χ3v) is 7.97. The normalized spacial score (nSPS) is 17.4. The van der Waals surface area contributed by atoms with E-state index in [1.165, 1.54) is 0 Å². The maximum Gasteiger partial charge on any atom is 0.255 e. The zero-order valence-electron chi connectivity index (χ0n) is 18.1. The number of hydrogen-bond donors (Lipinski definition) is 1. The van der Waals surface area contributed by atoms with E-state index in [-0.39, 0.29) is 11.5 Å². The number of aromatic nitrogens is 1. The second kappa shape index (κ2) is 8.02. The van der Waals surface area contributed by atoms with Crippen LogP contribution in [0.25, 0.3) is 0 Å². The molecule has 0 saturated heterocycles. The molecular weight excluding hydrogens is 398 g/mol. The summed E-state index contributed by atoms with van der Waals surface area (Å²) in [5.74, 6) is 0.372. The topological polar surface area (TPSA) is 73.5 Å². The number of ketones is 1. The number of thiophene rings is 1. The van der Waals surface area contributed by atoms with Crippen molar-refractivity contribution in [1.29, 1.82) is 0 Å². The molecule has 0 aromatic carbocycles. The van der Waals surface area contributed by atoms with E-state index in [2.05, 4.69) is 16.9 Å². The first kappa shape index (κ1) is 20.8. The van der Waals surface area contributed by atoms with Gasteiger partial charge in [-0.15, -0.1) is 11.3 Å². The van der Waals surface area contributed by atoms with Gasteiger partial charge in [-0.1, -0.05) is 0 Å². The van der Waals surface area contributed by atoms with Gasteiger partial charge in [0, 0.05) is 55.0 Å². The van der Waals surface area contributed by atoms with Crippen molar-refractivity contribution in [3.05, 3.63) is 49.2 Å². The Bertz CT molecular complexity index is 1060. The summed E-state index contributed by atoms with van der Waals surface area (Å²) in [5.41, 5.74) is 4.14. The van der Waals surface area contributed by atoms with Gasteiger partial charge in [-0.3, -0.25) is 14.4 Å². The Morgan fingerprint density at radius 2 is 1.83 bits per heavy atom. The maximum atomic E-state index is 13.3. The van der Waals surface area contributed by atoms with Crippen molar-refractivity contribution in [3.63, 3.8) is 0 Å². The predicted molar refractivity (Wildman–Crippen MR) is 120 cm³/mol. The number of anilines is 1. The van der Waals surface area contributed by atoms with Gasteiger partial charge in [-0.25, -0.2) is 0 Å². The van der Waals surface area contributed by atoms with Crippen molar-refractivity contribution in [3.8, 4) is 0 Å². The number of nitrogens with one attached hydrogen (secondary N) is 1. The fourth-order valence-corrected chi connectivity index (χ4v) is 6.06. The average molecular weight is 428 g/mol. The summed E-state index contributed by atoms with van der Waals surface area (Å²) in [6.07, 6.45) is 3.87. The van der Waals surface area contributed by atoms with E-state index < -0.39 is 0 Å². The number of hydrogen-bond acceptors (Lipinski definition) is 5. The summed E-state index contributed by atoms with van der Waals surface area (Å²) >= 11 is 1.71. The van der Waals surface area contributed by atoms with E-state index in [0.29, 0.717) is 43.3 Å². The maximum absolute atomic E-state index is 13.3. The van der Waals surface area contributed by atoms with Gasteiger partial charge < -0.3 is 14.8 Å². The number of pyridine rings is 1. The molecule has 7 heteroatoms. The first-order chi connectivity index (χ1) is 14.3. The highest BCUT2D eigenvalue weighted by molar-refractivity contribution is 7.16. The average Bonchev–Trinajstić information content (AvgIpc) is 3.03. The van der Waals surface area contributed by atoms with Crippen LogP contribution in [0.5, 0.6) is 0 Å². The number of amides is 1. The fraction of sp³-hybridized carbons (Fsp3) is 0.522. The smallest absolute Gasteiger partial charge is 0.255 e. The van der Waals surface area contributed by atoms with Crippen LogP contribution in [0, 0.1) is 20.8 Å². The molecule has 160 valence electrons. The molecule has 1 N–H and O–H groups in total. The van der Waals surface area contributed by atoms with Crippen LogP contribution in [0.15, 0.2) is 10.9 Å². The van der Waals surface area contributed by atoms with Crippen molar-refractivity contribution >= 4 is 28.0 Å². The number of rotatable bonds is 4. The quantitative estimate of drug-likeness (QED) is 0.810. The number of aromatic amines is 1. The van der Waals surface area contributed by atoms with E-state index in [9.17, 15) is 14.4 Å². The molecule has 0 bridgehead atoms. The lowest BCUT2D eigenvalue weighted by atomic mass is 9.93. The monoisotopic (exact) mass is 427 g/mol. The molecule has 2 aromatic heterocycles. The molecule has 6 nitrogen and oxygen atoms in total. The zero-order valence-corrected chi connectivity index (χ0v) is 18.9. The first-order valence-electron chi connectivity index (χ1n) is 10.6. The third kappa shape index (κ3) is 3.71. The molecule has 2 aromatic rings. The molecule has 1 aliphatic heterocycles. The van der Waals surface area contributed by atoms with Crippen molar-refractivity contribution < 1.29 is 9.59 Å². The molecule has 0 spiro atoms. The minimum absolute atomic E-state index is 0.0165. The minimum atomic E-state index is -0.111. The van der Waals surface area contributed by atoms with Crippen molar-refractivity contribution in [1.82, 2.24) is 9.88 Å². The number of Topliss-reactive ketones (excluding diaryl/α,β-unsaturated/α-hetero) is 1. The van der Waals surface area contributed by atoms with Crippen LogP contribution in [-0.2, 0) is 17.8 Å². The van der Waals surface area contributed by atoms with Crippen LogP contribution in [0.1, 0.15) is 63.3 Å². The number of H-pyrrole nitrogens is 1. The van der Waals surface area contributed by atoms with Gasteiger partial charge >= 0.3 is 0 Å². The van der Waals surface area contributed by atoms with Crippen LogP contribution in [0.2, 0.25) is 0 Å². The Balaban J connectivity index is 1.58. The fourth-order valence-electron chi connectivity index (χ4n) is 4.75. The van der Waals surface area contributed by atoms with Crippen LogP contribution in [0.4, 0.5) is 5.00 Å².